The zero-order valence-corrected chi connectivity index (χ0v) is 8.27. The molecular formula is C11H12N2O2. The van der Waals surface area contributed by atoms with E-state index in [-0.39, 0.29) is 0 Å². The van der Waals surface area contributed by atoms with Crippen molar-refractivity contribution in [3.05, 3.63) is 23.8 Å². The summed E-state index contributed by atoms with van der Waals surface area (Å²) in [7, 11) is 0. The molecule has 1 heterocycles. The summed E-state index contributed by atoms with van der Waals surface area (Å²) in [4.78, 5) is 0. The van der Waals surface area contributed by atoms with Crippen LogP contribution in [0.1, 0.15) is 5.56 Å². The van der Waals surface area contributed by atoms with E-state index in [9.17, 15) is 0 Å². The first-order chi connectivity index (χ1) is 7.29. The van der Waals surface area contributed by atoms with Crippen molar-refractivity contribution in [3.63, 3.8) is 0 Å². The molecule has 0 bridgehead atoms. The Balaban J connectivity index is 2.18. The van der Waals surface area contributed by atoms with Crippen LogP contribution in [0, 0.1) is 11.3 Å². The molecule has 0 saturated heterocycles. The van der Waals surface area contributed by atoms with Crippen molar-refractivity contribution in [1.29, 1.82) is 5.26 Å². The molecule has 78 valence electrons. The van der Waals surface area contributed by atoms with E-state index in [0.717, 1.165) is 17.1 Å². The van der Waals surface area contributed by atoms with Gasteiger partial charge in [-0.3, -0.25) is 0 Å². The molecule has 1 atom stereocenters. The first kappa shape index (κ1) is 9.81. The molecule has 2 rings (SSSR count). The summed E-state index contributed by atoms with van der Waals surface area (Å²) in [6.07, 6.45) is 0.535. The Morgan fingerprint density at radius 3 is 2.80 bits per heavy atom. The van der Waals surface area contributed by atoms with Gasteiger partial charge in [0.2, 0.25) is 0 Å². The number of benzene rings is 1. The van der Waals surface area contributed by atoms with Gasteiger partial charge in [-0.05, 0) is 17.7 Å². The summed E-state index contributed by atoms with van der Waals surface area (Å²) in [6.45, 7) is 1.16. The van der Waals surface area contributed by atoms with Crippen LogP contribution in [0.25, 0.3) is 0 Å². The molecule has 1 aliphatic rings. The zero-order valence-electron chi connectivity index (χ0n) is 8.27. The zero-order chi connectivity index (χ0) is 10.7. The smallest absolute Gasteiger partial charge is 0.161 e. The molecule has 1 unspecified atom stereocenters. The van der Waals surface area contributed by atoms with Crippen molar-refractivity contribution in [2.45, 2.75) is 12.5 Å². The number of nitrogens with zero attached hydrogens (tertiary/aromatic N) is 1. The summed E-state index contributed by atoms with van der Waals surface area (Å²) in [5.41, 5.74) is 6.54. The molecule has 15 heavy (non-hydrogen) atoms. The van der Waals surface area contributed by atoms with Gasteiger partial charge in [0.15, 0.2) is 11.5 Å². The van der Waals surface area contributed by atoms with E-state index in [1.807, 2.05) is 24.3 Å². The lowest BCUT2D eigenvalue weighted by molar-refractivity contribution is 0.171. The highest BCUT2D eigenvalue weighted by Crippen LogP contribution is 2.30. The molecule has 0 amide bonds. The molecule has 0 radical (unpaired) electrons. The fourth-order valence-electron chi connectivity index (χ4n) is 1.51. The van der Waals surface area contributed by atoms with E-state index in [4.69, 9.17) is 20.5 Å². The number of nitrogens with two attached hydrogens (primary N) is 1. The standard InChI is InChI=1S/C11H12N2O2/c12-7-9(13)5-8-1-2-10-11(6-8)15-4-3-14-10/h1-2,6,9H,3-5,13H2. The summed E-state index contributed by atoms with van der Waals surface area (Å²) < 4.78 is 10.8. The molecular weight excluding hydrogens is 192 g/mol. The van der Waals surface area contributed by atoms with Crippen LogP contribution in [0.5, 0.6) is 11.5 Å². The highest BCUT2D eigenvalue weighted by atomic mass is 16.6. The number of rotatable bonds is 2. The van der Waals surface area contributed by atoms with E-state index in [1.54, 1.807) is 0 Å². The number of hydrogen-bond acceptors (Lipinski definition) is 4. The summed E-state index contributed by atoms with van der Waals surface area (Å²) >= 11 is 0. The molecule has 4 nitrogen and oxygen atoms in total. The second kappa shape index (κ2) is 4.20. The van der Waals surface area contributed by atoms with E-state index in [2.05, 4.69) is 0 Å². The summed E-state index contributed by atoms with van der Waals surface area (Å²) in [5, 5.41) is 8.60. The maximum Gasteiger partial charge on any atom is 0.161 e. The average Bonchev–Trinajstić information content (AvgIpc) is 2.29. The second-order valence-corrected chi connectivity index (χ2v) is 3.42. The predicted molar refractivity (Wildman–Crippen MR) is 54.7 cm³/mol. The van der Waals surface area contributed by atoms with E-state index >= 15 is 0 Å². The van der Waals surface area contributed by atoms with Crippen molar-refractivity contribution in [2.24, 2.45) is 5.73 Å². The Hall–Kier alpha value is -1.73. The van der Waals surface area contributed by atoms with Crippen LogP contribution >= 0.6 is 0 Å². The quantitative estimate of drug-likeness (QED) is 0.775. The van der Waals surface area contributed by atoms with Crippen molar-refractivity contribution < 1.29 is 9.47 Å². The SMILES string of the molecule is N#CC(N)Cc1ccc2c(c1)OCCO2. The van der Waals surface area contributed by atoms with Gasteiger partial charge in [0.1, 0.15) is 13.2 Å². The first-order valence-corrected chi connectivity index (χ1v) is 4.83. The van der Waals surface area contributed by atoms with E-state index < -0.39 is 6.04 Å². The molecule has 1 aromatic rings. The van der Waals surface area contributed by atoms with Gasteiger partial charge in [0.05, 0.1) is 12.1 Å². The third-order valence-electron chi connectivity index (χ3n) is 2.23. The van der Waals surface area contributed by atoms with Crippen molar-refractivity contribution in [3.8, 4) is 17.6 Å². The largest absolute Gasteiger partial charge is 0.486 e. The van der Waals surface area contributed by atoms with E-state index in [1.165, 1.54) is 0 Å². The minimum absolute atomic E-state index is 0.465. The Labute approximate surface area is 88.2 Å². The Bertz CT molecular complexity index is 398. The topological polar surface area (TPSA) is 68.3 Å². The van der Waals surface area contributed by atoms with Gasteiger partial charge < -0.3 is 15.2 Å². The Kier molecular flexibility index (Phi) is 2.75. The van der Waals surface area contributed by atoms with Crippen LogP contribution in [0.4, 0.5) is 0 Å². The normalized spacial score (nSPS) is 15.5. The molecule has 4 heteroatoms. The van der Waals surface area contributed by atoms with Gasteiger partial charge in [-0.25, -0.2) is 0 Å². The summed E-state index contributed by atoms with van der Waals surface area (Å²) in [5.74, 6) is 1.50. The fourth-order valence-corrected chi connectivity index (χ4v) is 1.51. The van der Waals surface area contributed by atoms with Gasteiger partial charge in [0, 0.05) is 6.42 Å². The number of nitriles is 1. The summed E-state index contributed by atoms with van der Waals surface area (Å²) in [6, 6.07) is 7.18. The van der Waals surface area contributed by atoms with Gasteiger partial charge in [-0.2, -0.15) is 5.26 Å². The van der Waals surface area contributed by atoms with E-state index in [0.29, 0.717) is 19.6 Å². The van der Waals surface area contributed by atoms with Gasteiger partial charge in [-0.15, -0.1) is 0 Å². The Morgan fingerprint density at radius 2 is 2.07 bits per heavy atom. The van der Waals surface area contributed by atoms with Crippen LogP contribution in [-0.4, -0.2) is 19.3 Å². The molecule has 1 aromatic carbocycles. The number of ether oxygens (including phenoxy) is 2. The third kappa shape index (κ3) is 2.20. The van der Waals surface area contributed by atoms with Gasteiger partial charge >= 0.3 is 0 Å². The van der Waals surface area contributed by atoms with Crippen LogP contribution < -0.4 is 15.2 Å². The van der Waals surface area contributed by atoms with Crippen LogP contribution in [-0.2, 0) is 6.42 Å². The van der Waals surface area contributed by atoms with Gasteiger partial charge in [-0.1, -0.05) is 6.07 Å². The molecule has 1 aliphatic heterocycles. The highest BCUT2D eigenvalue weighted by molar-refractivity contribution is 5.44. The maximum atomic E-state index is 8.60. The van der Waals surface area contributed by atoms with Crippen LogP contribution in [0.2, 0.25) is 0 Å². The predicted octanol–water partition coefficient (Wildman–Crippen LogP) is 0.851. The lowest BCUT2D eigenvalue weighted by atomic mass is 10.1. The van der Waals surface area contributed by atoms with Crippen molar-refractivity contribution >= 4 is 0 Å². The van der Waals surface area contributed by atoms with Crippen LogP contribution in [0.3, 0.4) is 0 Å². The third-order valence-corrected chi connectivity index (χ3v) is 2.23. The molecule has 0 spiro atoms. The monoisotopic (exact) mass is 204 g/mol. The first-order valence-electron chi connectivity index (χ1n) is 4.83. The highest BCUT2D eigenvalue weighted by Gasteiger charge is 2.12. The molecule has 0 aliphatic carbocycles. The number of fused-ring (bicyclic) bond motifs is 1. The minimum atomic E-state index is -0.465. The lowest BCUT2D eigenvalue weighted by Crippen LogP contribution is -2.20. The molecule has 0 fully saturated rings. The van der Waals surface area contributed by atoms with Gasteiger partial charge in [0.25, 0.3) is 0 Å². The molecule has 0 saturated carbocycles. The average molecular weight is 204 g/mol. The van der Waals surface area contributed by atoms with Crippen molar-refractivity contribution in [2.75, 3.05) is 13.2 Å². The maximum absolute atomic E-state index is 8.60. The fraction of sp³-hybridized carbons (Fsp3) is 0.364. The molecule has 2 N–H and O–H groups in total. The lowest BCUT2D eigenvalue weighted by Gasteiger charge is -2.19. The minimum Gasteiger partial charge on any atom is -0.486 e. The molecule has 0 aromatic heterocycles. The number of hydrogen-bond donors (Lipinski definition) is 1. The second-order valence-electron chi connectivity index (χ2n) is 3.42. The van der Waals surface area contributed by atoms with Crippen LogP contribution in [0.15, 0.2) is 18.2 Å². The van der Waals surface area contributed by atoms with Crippen molar-refractivity contribution in [1.82, 2.24) is 0 Å². The Morgan fingerprint density at radius 1 is 1.33 bits per heavy atom.